The van der Waals surface area contributed by atoms with Crippen molar-refractivity contribution in [1.82, 2.24) is 0 Å². The molecule has 1 N–H and O–H groups in total. The van der Waals surface area contributed by atoms with Crippen LogP contribution in [-0.4, -0.2) is 27.4 Å². The zero-order valence-corrected chi connectivity index (χ0v) is 23.2. The number of halogens is 1. The van der Waals surface area contributed by atoms with Crippen LogP contribution >= 0.6 is 11.6 Å². The second-order valence-electron chi connectivity index (χ2n) is 8.94. The highest BCUT2D eigenvalue weighted by Crippen LogP contribution is 2.31. The number of hydrogen-bond acceptors (Lipinski definition) is 5. The van der Waals surface area contributed by atoms with Crippen molar-refractivity contribution in [3.8, 4) is 0 Å². The number of anilines is 2. The summed E-state index contributed by atoms with van der Waals surface area (Å²) in [6.07, 6.45) is 0. The number of sulfonamides is 1. The van der Waals surface area contributed by atoms with E-state index in [1.165, 1.54) is 17.5 Å². The Kier molecular flexibility index (Phi) is 8.38. The van der Waals surface area contributed by atoms with E-state index in [9.17, 15) is 18.0 Å². The molecule has 4 rings (SSSR count). The summed E-state index contributed by atoms with van der Waals surface area (Å²) in [6, 6.07) is 24.7. The smallest absolute Gasteiger partial charge is 0.337 e. The number of carbonyl (C=O) groups is 2. The van der Waals surface area contributed by atoms with Crippen LogP contribution in [0.15, 0.2) is 95.9 Å². The molecule has 0 heterocycles. The molecule has 9 heteroatoms. The topological polar surface area (TPSA) is 92.8 Å². The molecule has 0 bridgehead atoms. The number of benzene rings is 4. The number of nitrogens with one attached hydrogen (secondary N) is 1. The van der Waals surface area contributed by atoms with Crippen molar-refractivity contribution < 1.29 is 22.7 Å². The highest BCUT2D eigenvalue weighted by Gasteiger charge is 2.29. The average Bonchev–Trinajstić information content (AvgIpc) is 2.93. The fourth-order valence-corrected chi connectivity index (χ4v) is 5.56. The summed E-state index contributed by atoms with van der Waals surface area (Å²) in [4.78, 5) is 25.7. The monoisotopic (exact) mass is 562 g/mol. The van der Waals surface area contributed by atoms with Gasteiger partial charge < -0.3 is 10.1 Å². The van der Waals surface area contributed by atoms with Crippen LogP contribution in [0, 0.1) is 13.8 Å². The number of para-hydroxylation sites is 1. The van der Waals surface area contributed by atoms with E-state index in [2.05, 4.69) is 5.32 Å². The van der Waals surface area contributed by atoms with E-state index in [1.54, 1.807) is 91.9 Å². The summed E-state index contributed by atoms with van der Waals surface area (Å²) in [5.74, 6) is -1.07. The second kappa shape index (κ2) is 11.7. The maximum atomic E-state index is 14.0. The van der Waals surface area contributed by atoms with Crippen LogP contribution in [0.2, 0.25) is 5.02 Å². The Hall–Kier alpha value is -4.14. The van der Waals surface area contributed by atoms with Crippen molar-refractivity contribution in [3.63, 3.8) is 0 Å². The lowest BCUT2D eigenvalue weighted by molar-refractivity contribution is 0.0600. The molecule has 4 aromatic carbocycles. The van der Waals surface area contributed by atoms with Gasteiger partial charge in [0.2, 0.25) is 0 Å². The Morgan fingerprint density at radius 1 is 0.897 bits per heavy atom. The van der Waals surface area contributed by atoms with Gasteiger partial charge >= 0.3 is 5.97 Å². The number of aryl methyl sites for hydroxylation is 2. The Balaban J connectivity index is 1.78. The third kappa shape index (κ3) is 6.30. The van der Waals surface area contributed by atoms with Gasteiger partial charge in [-0.25, -0.2) is 13.2 Å². The molecule has 0 unspecified atom stereocenters. The van der Waals surface area contributed by atoms with Crippen molar-refractivity contribution in [2.75, 3.05) is 16.7 Å². The zero-order chi connectivity index (χ0) is 28.2. The van der Waals surface area contributed by atoms with Gasteiger partial charge in [-0.3, -0.25) is 9.10 Å². The Morgan fingerprint density at radius 3 is 2.23 bits per heavy atom. The fourth-order valence-electron chi connectivity index (χ4n) is 3.97. The van der Waals surface area contributed by atoms with E-state index < -0.39 is 21.9 Å². The maximum Gasteiger partial charge on any atom is 0.337 e. The summed E-state index contributed by atoms with van der Waals surface area (Å²) in [5.41, 5.74) is 3.35. The Labute approximate surface area is 233 Å². The largest absolute Gasteiger partial charge is 0.465 e. The predicted octanol–water partition coefficient (Wildman–Crippen LogP) is 6.39. The second-order valence-corrected chi connectivity index (χ2v) is 11.2. The standard InChI is InChI=1S/C30H27ClN2O5S/c1-20-8-16-25(17-9-20)39(36,37)33(19-22-11-14-24(31)15-12-22)28-7-5-4-6-26(28)29(34)32-27-18-23(30(35)38-3)13-10-21(27)2/h4-18H,19H2,1-3H3,(H,32,34). The molecular weight excluding hydrogens is 536 g/mol. The molecular formula is C30H27ClN2O5S. The van der Waals surface area contributed by atoms with Gasteiger partial charge in [0.1, 0.15) is 0 Å². The van der Waals surface area contributed by atoms with Gasteiger partial charge in [-0.05, 0) is 73.5 Å². The average molecular weight is 563 g/mol. The summed E-state index contributed by atoms with van der Waals surface area (Å²) in [5, 5.41) is 3.35. The van der Waals surface area contributed by atoms with Gasteiger partial charge in [-0.2, -0.15) is 0 Å². The Bertz CT molecular complexity index is 1620. The highest BCUT2D eigenvalue weighted by atomic mass is 35.5. The lowest BCUT2D eigenvalue weighted by Crippen LogP contribution is -2.32. The van der Waals surface area contributed by atoms with Gasteiger partial charge in [0.05, 0.1) is 35.4 Å². The number of carbonyl (C=O) groups excluding carboxylic acids is 2. The summed E-state index contributed by atoms with van der Waals surface area (Å²) < 4.78 is 33.9. The minimum atomic E-state index is -4.08. The van der Waals surface area contributed by atoms with Crippen LogP contribution in [0.3, 0.4) is 0 Å². The molecule has 0 aliphatic carbocycles. The van der Waals surface area contributed by atoms with Crippen LogP contribution in [0.1, 0.15) is 37.4 Å². The van der Waals surface area contributed by atoms with Crippen LogP contribution in [0.25, 0.3) is 0 Å². The van der Waals surface area contributed by atoms with Crippen molar-refractivity contribution in [2.45, 2.75) is 25.3 Å². The number of methoxy groups -OCH3 is 1. The maximum absolute atomic E-state index is 14.0. The molecule has 7 nitrogen and oxygen atoms in total. The summed E-state index contributed by atoms with van der Waals surface area (Å²) in [7, 11) is -2.80. The lowest BCUT2D eigenvalue weighted by Gasteiger charge is -2.27. The summed E-state index contributed by atoms with van der Waals surface area (Å²) in [6.45, 7) is 3.63. The van der Waals surface area contributed by atoms with Gasteiger partial charge in [-0.15, -0.1) is 0 Å². The van der Waals surface area contributed by atoms with Crippen LogP contribution in [0.5, 0.6) is 0 Å². The van der Waals surface area contributed by atoms with Crippen LogP contribution in [-0.2, 0) is 21.3 Å². The van der Waals surface area contributed by atoms with Gasteiger partial charge in [0.15, 0.2) is 0 Å². The minimum absolute atomic E-state index is 0.0332. The molecule has 39 heavy (non-hydrogen) atoms. The first-order valence-electron chi connectivity index (χ1n) is 12.0. The van der Waals surface area contributed by atoms with E-state index in [1.807, 2.05) is 6.92 Å². The fraction of sp³-hybridized carbons (Fsp3) is 0.133. The first kappa shape index (κ1) is 27.9. The third-order valence-corrected chi connectivity index (χ3v) is 8.20. The molecule has 0 saturated heterocycles. The van der Waals surface area contributed by atoms with Gasteiger partial charge in [-0.1, -0.05) is 59.6 Å². The van der Waals surface area contributed by atoms with E-state index in [4.69, 9.17) is 16.3 Å². The van der Waals surface area contributed by atoms with Crippen LogP contribution < -0.4 is 9.62 Å². The summed E-state index contributed by atoms with van der Waals surface area (Å²) >= 11 is 6.05. The van der Waals surface area contributed by atoms with Crippen molar-refractivity contribution in [1.29, 1.82) is 0 Å². The quantitative estimate of drug-likeness (QED) is 0.251. The van der Waals surface area contributed by atoms with Crippen molar-refractivity contribution in [2.24, 2.45) is 0 Å². The highest BCUT2D eigenvalue weighted by molar-refractivity contribution is 7.92. The SMILES string of the molecule is COC(=O)c1ccc(C)c(NC(=O)c2ccccc2N(Cc2ccc(Cl)cc2)S(=O)(=O)c2ccc(C)cc2)c1. The Morgan fingerprint density at radius 2 is 1.56 bits per heavy atom. The number of amides is 1. The van der Waals surface area contributed by atoms with Crippen molar-refractivity contribution >= 4 is 44.9 Å². The van der Waals surface area contributed by atoms with E-state index in [-0.39, 0.29) is 28.3 Å². The number of nitrogens with zero attached hydrogens (tertiary/aromatic N) is 1. The lowest BCUT2D eigenvalue weighted by atomic mass is 10.1. The van der Waals surface area contributed by atoms with E-state index >= 15 is 0 Å². The molecule has 0 aliphatic heterocycles. The minimum Gasteiger partial charge on any atom is -0.465 e. The molecule has 1 amide bonds. The van der Waals surface area contributed by atoms with Crippen molar-refractivity contribution in [3.05, 3.63) is 124 Å². The molecule has 200 valence electrons. The normalized spacial score (nSPS) is 11.1. The van der Waals surface area contributed by atoms with Crippen LogP contribution in [0.4, 0.5) is 11.4 Å². The number of rotatable bonds is 8. The molecule has 0 spiro atoms. The molecule has 4 aromatic rings. The predicted molar refractivity (Wildman–Crippen MR) is 153 cm³/mol. The number of hydrogen-bond donors (Lipinski definition) is 1. The number of esters is 1. The van der Waals surface area contributed by atoms with Gasteiger partial charge in [0, 0.05) is 10.7 Å². The van der Waals surface area contributed by atoms with E-state index in [0.29, 0.717) is 16.3 Å². The zero-order valence-electron chi connectivity index (χ0n) is 21.6. The molecule has 0 atom stereocenters. The first-order valence-corrected chi connectivity index (χ1v) is 13.8. The molecule has 0 aromatic heterocycles. The van der Waals surface area contributed by atoms with E-state index in [0.717, 1.165) is 11.1 Å². The molecule has 0 aliphatic rings. The van der Waals surface area contributed by atoms with Gasteiger partial charge in [0.25, 0.3) is 15.9 Å². The third-order valence-electron chi connectivity index (χ3n) is 6.17. The first-order chi connectivity index (χ1) is 18.6. The molecule has 0 radical (unpaired) electrons. The molecule has 0 saturated carbocycles. The number of ether oxygens (including phenoxy) is 1. The molecule has 0 fully saturated rings.